The minimum atomic E-state index is -4.68. The van der Waals surface area contributed by atoms with Gasteiger partial charge in [0.05, 0.1) is 31.0 Å². The zero-order valence-corrected chi connectivity index (χ0v) is 17.9. The number of aromatic nitrogens is 2. The molecule has 2 aromatic rings. The van der Waals surface area contributed by atoms with Crippen molar-refractivity contribution in [2.24, 2.45) is 0 Å². The highest BCUT2D eigenvalue weighted by Crippen LogP contribution is 2.33. The number of nitrogens with zero attached hydrogens (tertiary/aromatic N) is 4. The number of Topliss-reactive ketones (excluding diaryl/α,β-unsaturated/α-hetero) is 1. The van der Waals surface area contributed by atoms with Crippen molar-refractivity contribution in [2.75, 3.05) is 18.0 Å². The van der Waals surface area contributed by atoms with Gasteiger partial charge in [0.15, 0.2) is 5.78 Å². The maximum Gasteiger partial charge on any atom is 0.433 e. The summed E-state index contributed by atoms with van der Waals surface area (Å²) in [5.41, 5.74) is -4.10. The molecule has 0 aliphatic carbocycles. The molecule has 3 heterocycles. The van der Waals surface area contributed by atoms with Gasteiger partial charge >= 0.3 is 18.4 Å². The highest BCUT2D eigenvalue weighted by atomic mass is 19.4. The van der Waals surface area contributed by atoms with E-state index in [0.717, 1.165) is 40.4 Å². The van der Waals surface area contributed by atoms with E-state index in [-0.39, 0.29) is 24.2 Å². The van der Waals surface area contributed by atoms with Crippen LogP contribution in [0.2, 0.25) is 0 Å². The monoisotopic (exact) mass is 492 g/mol. The van der Waals surface area contributed by atoms with E-state index in [2.05, 4.69) is 9.97 Å². The minimum Gasteiger partial charge on any atom is -0.309 e. The molecule has 0 bridgehead atoms. The average Bonchev–Trinajstić information content (AvgIpc) is 3.03. The lowest BCUT2D eigenvalue weighted by molar-refractivity contribution is -0.142. The summed E-state index contributed by atoms with van der Waals surface area (Å²) in [5.74, 6) is -0.587. The summed E-state index contributed by atoms with van der Waals surface area (Å²) in [6.07, 6.45) is -7.94. The Morgan fingerprint density at radius 2 is 1.50 bits per heavy atom. The van der Waals surface area contributed by atoms with E-state index >= 15 is 0 Å². The van der Waals surface area contributed by atoms with Crippen LogP contribution in [-0.2, 0) is 23.6 Å². The van der Waals surface area contributed by atoms with Gasteiger partial charge in [-0.25, -0.2) is 14.2 Å². The third-order valence-electron chi connectivity index (χ3n) is 5.21. The van der Waals surface area contributed by atoms with Gasteiger partial charge in [0.2, 0.25) is 0 Å². The highest BCUT2D eigenvalue weighted by molar-refractivity contribution is 5.97. The maximum atomic E-state index is 14.8. The van der Waals surface area contributed by atoms with Crippen LogP contribution in [0.15, 0.2) is 36.7 Å². The van der Waals surface area contributed by atoms with Crippen molar-refractivity contribution < 1.29 is 40.3 Å². The first-order chi connectivity index (χ1) is 15.6. The molecular weight excluding hydrogens is 473 g/mol. The Kier molecular flexibility index (Phi) is 6.60. The van der Waals surface area contributed by atoms with Crippen LogP contribution in [0.1, 0.15) is 30.8 Å². The average molecular weight is 492 g/mol. The number of anilines is 1. The SMILES string of the molecule is CC(C)(F)[C@H]1CN(c2ccc(C(F)(F)F)nc2)C(=O)N1CC(=O)Cc1ccc(C(F)(F)F)nc1. The molecular formula is C21H19F7N4O2. The molecule has 0 saturated carbocycles. The first-order valence-corrected chi connectivity index (χ1v) is 9.91. The summed E-state index contributed by atoms with van der Waals surface area (Å²) in [4.78, 5) is 34.0. The molecule has 184 valence electrons. The Hall–Kier alpha value is -3.25. The Balaban J connectivity index is 1.76. The van der Waals surface area contributed by atoms with Gasteiger partial charge < -0.3 is 4.90 Å². The molecule has 0 N–H and O–H groups in total. The number of carbonyl (C=O) groups excluding carboxylic acids is 2. The molecule has 2 aromatic heterocycles. The maximum absolute atomic E-state index is 14.8. The molecule has 0 radical (unpaired) electrons. The lowest BCUT2D eigenvalue weighted by Gasteiger charge is -2.29. The molecule has 3 rings (SSSR count). The van der Waals surface area contributed by atoms with E-state index < -0.39 is 53.8 Å². The fraction of sp³-hybridized carbons (Fsp3) is 0.429. The summed E-state index contributed by atoms with van der Waals surface area (Å²) in [7, 11) is 0. The van der Waals surface area contributed by atoms with Crippen LogP contribution >= 0.6 is 0 Å². The van der Waals surface area contributed by atoms with Crippen LogP contribution in [0.4, 0.5) is 41.2 Å². The first kappa shape index (κ1) is 25.4. The zero-order valence-electron chi connectivity index (χ0n) is 17.9. The van der Waals surface area contributed by atoms with Crippen molar-refractivity contribution in [1.82, 2.24) is 14.9 Å². The molecule has 1 aliphatic heterocycles. The predicted molar refractivity (Wildman–Crippen MR) is 106 cm³/mol. The van der Waals surface area contributed by atoms with Crippen molar-refractivity contribution in [1.29, 1.82) is 0 Å². The number of rotatable bonds is 6. The fourth-order valence-electron chi connectivity index (χ4n) is 3.50. The first-order valence-electron chi connectivity index (χ1n) is 9.91. The van der Waals surface area contributed by atoms with Crippen LogP contribution in [0.5, 0.6) is 0 Å². The van der Waals surface area contributed by atoms with E-state index in [1.165, 1.54) is 13.8 Å². The van der Waals surface area contributed by atoms with Crippen molar-refractivity contribution >= 4 is 17.5 Å². The van der Waals surface area contributed by atoms with E-state index in [9.17, 15) is 40.3 Å². The van der Waals surface area contributed by atoms with Crippen LogP contribution in [0.25, 0.3) is 0 Å². The summed E-state index contributed by atoms with van der Waals surface area (Å²) >= 11 is 0. The smallest absolute Gasteiger partial charge is 0.309 e. The van der Waals surface area contributed by atoms with Crippen LogP contribution in [-0.4, -0.2) is 51.5 Å². The number of pyridine rings is 2. The lowest BCUT2D eigenvalue weighted by atomic mass is 9.99. The van der Waals surface area contributed by atoms with E-state index in [1.807, 2.05) is 0 Å². The Bertz CT molecular complexity index is 1050. The summed E-state index contributed by atoms with van der Waals surface area (Å²) in [5, 5.41) is 0. The van der Waals surface area contributed by atoms with Crippen molar-refractivity contribution in [2.45, 2.75) is 44.3 Å². The molecule has 2 amide bonds. The second kappa shape index (κ2) is 8.84. The third-order valence-corrected chi connectivity index (χ3v) is 5.21. The van der Waals surface area contributed by atoms with Gasteiger partial charge in [-0.3, -0.25) is 14.7 Å². The van der Waals surface area contributed by atoms with E-state index in [1.54, 1.807) is 0 Å². The molecule has 34 heavy (non-hydrogen) atoms. The van der Waals surface area contributed by atoms with Gasteiger partial charge in [0, 0.05) is 12.6 Å². The minimum absolute atomic E-state index is 0.00543. The molecule has 0 unspecified atom stereocenters. The largest absolute Gasteiger partial charge is 0.433 e. The third kappa shape index (κ3) is 5.62. The number of hydrogen-bond acceptors (Lipinski definition) is 4. The summed E-state index contributed by atoms with van der Waals surface area (Å²) < 4.78 is 91.0. The lowest BCUT2D eigenvalue weighted by Crippen LogP contribution is -2.47. The number of carbonyl (C=O) groups is 2. The molecule has 0 spiro atoms. The van der Waals surface area contributed by atoms with Crippen LogP contribution in [0.3, 0.4) is 0 Å². The summed E-state index contributed by atoms with van der Waals surface area (Å²) in [6.45, 7) is 1.58. The number of ketones is 1. The number of halogens is 7. The van der Waals surface area contributed by atoms with Gasteiger partial charge in [-0.1, -0.05) is 6.07 Å². The fourth-order valence-corrected chi connectivity index (χ4v) is 3.50. The van der Waals surface area contributed by atoms with Gasteiger partial charge in [0.1, 0.15) is 17.1 Å². The molecule has 1 atom stereocenters. The normalized spacial score (nSPS) is 17.4. The molecule has 13 heteroatoms. The predicted octanol–water partition coefficient (Wildman–Crippen LogP) is 4.68. The second-order valence-electron chi connectivity index (χ2n) is 8.27. The quantitative estimate of drug-likeness (QED) is 0.550. The molecule has 0 aromatic carbocycles. The summed E-state index contributed by atoms with van der Waals surface area (Å²) in [6, 6.07) is 1.58. The Labute approximate surface area is 189 Å². The molecule has 6 nitrogen and oxygen atoms in total. The van der Waals surface area contributed by atoms with Gasteiger partial charge in [-0.15, -0.1) is 0 Å². The number of amides is 2. The molecule has 1 fully saturated rings. The zero-order chi connectivity index (χ0) is 25.5. The highest BCUT2D eigenvalue weighted by Gasteiger charge is 2.47. The standard InChI is InChI=1S/C21H19F7N4O2/c1-19(2,22)17-11-31(13-4-6-16(30-9-13)21(26,27)28)18(34)32(17)10-14(33)7-12-3-5-15(29-8-12)20(23,24)25/h3-6,8-9,17H,7,10-11H2,1-2H3/t17-/m1/s1. The van der Waals surface area contributed by atoms with Crippen molar-refractivity contribution in [3.63, 3.8) is 0 Å². The van der Waals surface area contributed by atoms with Crippen LogP contribution < -0.4 is 4.90 Å². The topological polar surface area (TPSA) is 66.4 Å². The van der Waals surface area contributed by atoms with E-state index in [0.29, 0.717) is 6.07 Å². The van der Waals surface area contributed by atoms with Crippen molar-refractivity contribution in [3.05, 3.63) is 53.6 Å². The van der Waals surface area contributed by atoms with Crippen molar-refractivity contribution in [3.8, 4) is 0 Å². The van der Waals surface area contributed by atoms with E-state index in [4.69, 9.17) is 0 Å². The van der Waals surface area contributed by atoms with Gasteiger partial charge in [0.25, 0.3) is 0 Å². The number of alkyl halides is 7. The second-order valence-corrected chi connectivity index (χ2v) is 8.27. The Morgan fingerprint density at radius 3 is 1.94 bits per heavy atom. The van der Waals surface area contributed by atoms with Gasteiger partial charge in [-0.05, 0) is 37.6 Å². The van der Waals surface area contributed by atoms with Crippen LogP contribution in [0, 0.1) is 0 Å². The molecule has 1 saturated heterocycles. The van der Waals surface area contributed by atoms with Gasteiger partial charge in [-0.2, -0.15) is 26.3 Å². The molecule has 1 aliphatic rings. The number of hydrogen-bond donors (Lipinski definition) is 0. The Morgan fingerprint density at radius 1 is 0.941 bits per heavy atom. The number of urea groups is 1.